The summed E-state index contributed by atoms with van der Waals surface area (Å²) in [5.74, 6) is -12.2. The van der Waals surface area contributed by atoms with Gasteiger partial charge in [0, 0.05) is 21.4 Å². The Balaban J connectivity index is 0.000000291. The van der Waals surface area contributed by atoms with Crippen LogP contribution in [0, 0.1) is 29.1 Å². The van der Waals surface area contributed by atoms with Crippen molar-refractivity contribution in [3.8, 4) is 0 Å². The normalized spacial score (nSPS) is 12.3. The summed E-state index contributed by atoms with van der Waals surface area (Å²) in [6.45, 7) is 0. The summed E-state index contributed by atoms with van der Waals surface area (Å²) in [5.41, 5.74) is -1.04. The Kier molecular flexibility index (Phi) is 7.54. The van der Waals surface area contributed by atoms with E-state index in [1.54, 1.807) is 0 Å². The number of rotatable bonds is 2. The first-order valence-electron chi connectivity index (χ1n) is 6.47. The molecule has 0 spiro atoms. The van der Waals surface area contributed by atoms with E-state index in [1.165, 1.54) is 0 Å². The second-order valence-electron chi connectivity index (χ2n) is 4.80. The molecule has 0 N–H and O–H groups in total. The zero-order valence-electron chi connectivity index (χ0n) is 13.0. The molecule has 2 rings (SSSR count). The quantitative estimate of drug-likeness (QED) is 0.248. The van der Waals surface area contributed by atoms with Gasteiger partial charge in [0.1, 0.15) is 0 Å². The maximum atomic E-state index is 12.7. The van der Waals surface area contributed by atoms with Crippen molar-refractivity contribution in [2.45, 2.75) is 16.0 Å². The van der Waals surface area contributed by atoms with E-state index in [9.17, 15) is 52.0 Å². The summed E-state index contributed by atoms with van der Waals surface area (Å²) in [6, 6.07) is 3.24. The van der Waals surface area contributed by atoms with Gasteiger partial charge in [-0.05, 0) is 18.2 Å². The lowest BCUT2D eigenvalue weighted by molar-refractivity contribution is -0.137. The van der Waals surface area contributed by atoms with Crippen LogP contribution < -0.4 is 0 Å². The van der Waals surface area contributed by atoms with Crippen LogP contribution in [0.4, 0.5) is 35.1 Å². The molecule has 2 aromatic carbocycles. The van der Waals surface area contributed by atoms with Crippen LogP contribution in [-0.4, -0.2) is 16.8 Å². The van der Waals surface area contributed by atoms with Crippen LogP contribution in [0.15, 0.2) is 34.1 Å². The standard InChI is InChI=1S/C7H4ClF3O2S.C6ClF5O2S/c8-14(12,13)6-3-1-2-5(4-6)7(9,10)11;7-15(13,14)6-4(11)2(9)1(8)3(10)5(6)12/h1-4H;. The Bertz CT molecular complexity index is 1120. The molecule has 0 aliphatic heterocycles. The number of benzene rings is 2. The van der Waals surface area contributed by atoms with E-state index in [-0.39, 0.29) is 0 Å². The molecule has 4 nitrogen and oxygen atoms in total. The molecule has 0 aliphatic carbocycles. The highest BCUT2D eigenvalue weighted by Gasteiger charge is 2.32. The number of alkyl halides is 3. The fourth-order valence-electron chi connectivity index (χ4n) is 1.62. The SMILES string of the molecule is O=S(=O)(Cl)c1c(F)c(F)c(F)c(F)c1F.O=S(=O)(Cl)c1cccc(C(F)(F)F)c1. The molecule has 0 atom stereocenters. The highest BCUT2D eigenvalue weighted by atomic mass is 35.7. The van der Waals surface area contributed by atoms with E-state index < -0.39 is 68.7 Å². The van der Waals surface area contributed by atoms with Crippen LogP contribution in [0.1, 0.15) is 5.56 Å². The van der Waals surface area contributed by atoms with Crippen molar-refractivity contribution in [3.63, 3.8) is 0 Å². The molecular weight excluding hydrogens is 507 g/mol. The molecule has 29 heavy (non-hydrogen) atoms. The first-order chi connectivity index (χ1) is 12.9. The molecule has 0 amide bonds. The molecule has 0 unspecified atom stereocenters. The molecule has 0 heterocycles. The van der Waals surface area contributed by atoms with Crippen LogP contribution in [-0.2, 0) is 24.3 Å². The largest absolute Gasteiger partial charge is 0.416 e. The fourth-order valence-corrected chi connectivity index (χ4v) is 3.43. The van der Waals surface area contributed by atoms with E-state index in [2.05, 4.69) is 10.7 Å². The Morgan fingerprint density at radius 3 is 1.45 bits per heavy atom. The molecule has 2 aromatic rings. The number of hydrogen-bond acceptors (Lipinski definition) is 4. The lowest BCUT2D eigenvalue weighted by Crippen LogP contribution is -2.09. The zero-order chi connectivity index (χ0) is 22.9. The van der Waals surface area contributed by atoms with Gasteiger partial charge in [-0.3, -0.25) is 0 Å². The molecule has 16 heteroatoms. The Morgan fingerprint density at radius 2 is 1.10 bits per heavy atom. The maximum absolute atomic E-state index is 12.7. The Hall–Kier alpha value is -1.64. The summed E-state index contributed by atoms with van der Waals surface area (Å²) in [7, 11) is 0.224. The Labute approximate surface area is 166 Å². The van der Waals surface area contributed by atoms with Gasteiger partial charge in [0.15, 0.2) is 28.2 Å². The molecule has 0 fully saturated rings. The van der Waals surface area contributed by atoms with Crippen molar-refractivity contribution < 1.29 is 52.0 Å². The van der Waals surface area contributed by atoms with Gasteiger partial charge >= 0.3 is 6.18 Å². The second kappa shape index (κ2) is 8.62. The van der Waals surface area contributed by atoms with Crippen LogP contribution in [0.2, 0.25) is 0 Å². The van der Waals surface area contributed by atoms with Crippen molar-refractivity contribution in [3.05, 3.63) is 58.9 Å². The smallest absolute Gasteiger partial charge is 0.207 e. The third kappa shape index (κ3) is 6.17. The minimum Gasteiger partial charge on any atom is -0.207 e. The van der Waals surface area contributed by atoms with E-state index >= 15 is 0 Å². The van der Waals surface area contributed by atoms with Gasteiger partial charge in [-0.2, -0.15) is 13.2 Å². The first-order valence-corrected chi connectivity index (χ1v) is 11.1. The van der Waals surface area contributed by atoms with E-state index in [1.807, 2.05) is 0 Å². The summed E-state index contributed by atoms with van der Waals surface area (Å²) in [5, 5.41) is 0. The molecule has 0 aliphatic rings. The number of hydrogen-bond donors (Lipinski definition) is 0. The monoisotopic (exact) mass is 510 g/mol. The third-order valence-corrected chi connectivity index (χ3v) is 5.52. The molecular formula is C13H4Cl2F8O4S2. The molecule has 0 bridgehead atoms. The summed E-state index contributed by atoms with van der Waals surface area (Å²) in [6.07, 6.45) is -4.57. The third-order valence-electron chi connectivity index (χ3n) is 2.86. The summed E-state index contributed by atoms with van der Waals surface area (Å²) < 4.78 is 142. The van der Waals surface area contributed by atoms with Gasteiger partial charge < -0.3 is 0 Å². The van der Waals surface area contributed by atoms with Crippen LogP contribution >= 0.6 is 21.4 Å². The van der Waals surface area contributed by atoms with Crippen molar-refractivity contribution in [2.24, 2.45) is 0 Å². The molecule has 0 radical (unpaired) electrons. The van der Waals surface area contributed by atoms with Crippen molar-refractivity contribution in [1.82, 2.24) is 0 Å². The van der Waals surface area contributed by atoms with Gasteiger partial charge in [-0.15, -0.1) is 0 Å². The molecule has 0 saturated carbocycles. The predicted molar refractivity (Wildman–Crippen MR) is 83.8 cm³/mol. The lowest BCUT2D eigenvalue weighted by atomic mass is 10.2. The predicted octanol–water partition coefficient (Wildman–Crippen LogP) is 4.94. The summed E-state index contributed by atoms with van der Waals surface area (Å²) in [4.78, 5) is -2.62. The van der Waals surface area contributed by atoms with E-state index in [0.717, 1.165) is 18.2 Å². The topological polar surface area (TPSA) is 68.3 Å². The minimum atomic E-state index is -5.05. The molecule has 162 valence electrons. The molecule has 0 aromatic heterocycles. The van der Waals surface area contributed by atoms with Crippen molar-refractivity contribution >= 4 is 39.5 Å². The van der Waals surface area contributed by atoms with Gasteiger partial charge in [0.2, 0.25) is 5.82 Å². The van der Waals surface area contributed by atoms with Gasteiger partial charge in [0.05, 0.1) is 10.5 Å². The Morgan fingerprint density at radius 1 is 0.690 bits per heavy atom. The van der Waals surface area contributed by atoms with Crippen LogP contribution in [0.25, 0.3) is 0 Å². The molecule has 0 saturated heterocycles. The van der Waals surface area contributed by atoms with Crippen LogP contribution in [0.5, 0.6) is 0 Å². The van der Waals surface area contributed by atoms with E-state index in [0.29, 0.717) is 6.07 Å². The second-order valence-corrected chi connectivity index (χ2v) is 9.87. The van der Waals surface area contributed by atoms with E-state index in [4.69, 9.17) is 10.7 Å². The average Bonchev–Trinajstić information content (AvgIpc) is 2.56. The average molecular weight is 511 g/mol. The highest BCUT2D eigenvalue weighted by molar-refractivity contribution is 8.14. The fraction of sp³-hybridized carbons (Fsp3) is 0.0769. The number of halogens is 10. The minimum absolute atomic E-state index is 0.488. The zero-order valence-corrected chi connectivity index (χ0v) is 16.2. The van der Waals surface area contributed by atoms with Gasteiger partial charge in [0.25, 0.3) is 18.1 Å². The first kappa shape index (κ1) is 25.4. The van der Waals surface area contributed by atoms with Gasteiger partial charge in [-0.1, -0.05) is 6.07 Å². The van der Waals surface area contributed by atoms with Gasteiger partial charge in [-0.25, -0.2) is 38.8 Å². The van der Waals surface area contributed by atoms with Crippen LogP contribution in [0.3, 0.4) is 0 Å². The lowest BCUT2D eigenvalue weighted by Gasteiger charge is -2.06. The van der Waals surface area contributed by atoms with Crippen molar-refractivity contribution in [2.75, 3.05) is 0 Å². The van der Waals surface area contributed by atoms with Crippen molar-refractivity contribution in [1.29, 1.82) is 0 Å². The maximum Gasteiger partial charge on any atom is 0.416 e. The highest BCUT2D eigenvalue weighted by Crippen LogP contribution is 2.31. The summed E-state index contributed by atoms with van der Waals surface area (Å²) >= 11 is 0.